The van der Waals surface area contributed by atoms with E-state index in [9.17, 15) is 9.90 Å². The molecule has 4 rings (SSSR count). The van der Waals surface area contributed by atoms with E-state index < -0.39 is 0 Å². The van der Waals surface area contributed by atoms with E-state index in [1.54, 1.807) is 13.0 Å². The molecule has 142 valence electrons. The molecular weight excluding hydrogens is 344 g/mol. The molecule has 2 aliphatic rings. The van der Waals surface area contributed by atoms with Crippen molar-refractivity contribution in [3.8, 4) is 17.0 Å². The summed E-state index contributed by atoms with van der Waals surface area (Å²) in [6.07, 6.45) is 0.00696. The largest absolute Gasteiger partial charge is 0.507 e. The molecule has 0 saturated carbocycles. The number of phenols is 1. The van der Waals surface area contributed by atoms with Crippen LogP contribution in [0.1, 0.15) is 18.1 Å². The highest BCUT2D eigenvalue weighted by Crippen LogP contribution is 2.33. The molecule has 1 aromatic heterocycles. The fourth-order valence-electron chi connectivity index (χ4n) is 4.12. The molecule has 0 radical (unpaired) electrons. The molecule has 7 nitrogen and oxygen atoms in total. The van der Waals surface area contributed by atoms with Crippen molar-refractivity contribution in [1.29, 1.82) is 0 Å². The zero-order chi connectivity index (χ0) is 19.1. The predicted molar refractivity (Wildman–Crippen MR) is 102 cm³/mol. The third kappa shape index (κ3) is 3.23. The molecule has 0 bridgehead atoms. The maximum Gasteiger partial charge on any atom is 0.219 e. The van der Waals surface area contributed by atoms with Gasteiger partial charge in [-0.15, -0.1) is 10.2 Å². The van der Waals surface area contributed by atoms with Gasteiger partial charge in [0.25, 0.3) is 0 Å². The number of aryl methyl sites for hydroxylation is 2. The van der Waals surface area contributed by atoms with Gasteiger partial charge in [-0.1, -0.05) is 6.07 Å². The standard InChI is InChI=1S/C20H24N4O3/c1-12-8-13(2)20(17(26)9-12)15-4-5-19(22-21-15)24-6-7-27-18-11-23(14(3)25)10-16(18)24/h4-5,8-9,16,18,26H,6-7,10-11H2,1-3H3. The van der Waals surface area contributed by atoms with Gasteiger partial charge in [0.2, 0.25) is 5.91 Å². The van der Waals surface area contributed by atoms with Crippen molar-refractivity contribution in [2.45, 2.75) is 32.9 Å². The van der Waals surface area contributed by atoms with Crippen molar-refractivity contribution in [2.24, 2.45) is 0 Å². The number of rotatable bonds is 2. The second kappa shape index (κ2) is 6.81. The Morgan fingerprint density at radius 3 is 2.70 bits per heavy atom. The average Bonchev–Trinajstić information content (AvgIpc) is 3.06. The molecule has 0 aliphatic carbocycles. The number of anilines is 1. The Kier molecular flexibility index (Phi) is 4.47. The smallest absolute Gasteiger partial charge is 0.219 e. The van der Waals surface area contributed by atoms with Crippen LogP contribution in [0.4, 0.5) is 5.82 Å². The Balaban J connectivity index is 1.60. The Hall–Kier alpha value is -2.67. The van der Waals surface area contributed by atoms with Crippen molar-refractivity contribution < 1.29 is 14.6 Å². The van der Waals surface area contributed by atoms with Crippen molar-refractivity contribution in [1.82, 2.24) is 15.1 Å². The number of carbonyl (C=O) groups is 1. The van der Waals surface area contributed by atoms with E-state index in [1.165, 1.54) is 0 Å². The van der Waals surface area contributed by atoms with Gasteiger partial charge in [0.15, 0.2) is 5.82 Å². The minimum atomic E-state index is 0.00696. The highest BCUT2D eigenvalue weighted by molar-refractivity contribution is 5.74. The van der Waals surface area contributed by atoms with Crippen LogP contribution in [0.5, 0.6) is 5.75 Å². The lowest BCUT2D eigenvalue weighted by Gasteiger charge is -2.37. The van der Waals surface area contributed by atoms with E-state index in [-0.39, 0.29) is 23.8 Å². The second-order valence-corrected chi connectivity index (χ2v) is 7.35. The van der Waals surface area contributed by atoms with Gasteiger partial charge < -0.3 is 19.6 Å². The zero-order valence-electron chi connectivity index (χ0n) is 15.8. The number of carbonyl (C=O) groups excluding carboxylic acids is 1. The molecule has 3 heterocycles. The Bertz CT molecular complexity index is 845. The summed E-state index contributed by atoms with van der Waals surface area (Å²) in [7, 11) is 0. The predicted octanol–water partition coefficient (Wildman–Crippen LogP) is 1.90. The number of morpholine rings is 1. The van der Waals surface area contributed by atoms with Gasteiger partial charge in [-0.2, -0.15) is 0 Å². The van der Waals surface area contributed by atoms with Crippen LogP contribution in [0.3, 0.4) is 0 Å². The minimum Gasteiger partial charge on any atom is -0.507 e. The Morgan fingerprint density at radius 2 is 2.04 bits per heavy atom. The Labute approximate surface area is 158 Å². The summed E-state index contributed by atoms with van der Waals surface area (Å²) in [5.41, 5.74) is 3.33. The lowest BCUT2D eigenvalue weighted by Crippen LogP contribution is -2.51. The number of likely N-dealkylation sites (tertiary alicyclic amines) is 1. The summed E-state index contributed by atoms with van der Waals surface area (Å²) < 4.78 is 5.85. The van der Waals surface area contributed by atoms with Crippen LogP contribution in [0.15, 0.2) is 24.3 Å². The number of aromatic hydroxyl groups is 1. The van der Waals surface area contributed by atoms with E-state index in [1.807, 2.05) is 36.9 Å². The molecule has 2 unspecified atom stereocenters. The zero-order valence-corrected chi connectivity index (χ0v) is 15.8. The third-order valence-corrected chi connectivity index (χ3v) is 5.41. The highest BCUT2D eigenvalue weighted by atomic mass is 16.5. The molecule has 2 atom stereocenters. The molecule has 1 N–H and O–H groups in total. The maximum absolute atomic E-state index is 11.7. The summed E-state index contributed by atoms with van der Waals surface area (Å²) in [5, 5.41) is 19.1. The monoisotopic (exact) mass is 368 g/mol. The number of aromatic nitrogens is 2. The average molecular weight is 368 g/mol. The lowest BCUT2D eigenvalue weighted by atomic mass is 10.0. The van der Waals surface area contributed by atoms with Gasteiger partial charge >= 0.3 is 0 Å². The van der Waals surface area contributed by atoms with Crippen LogP contribution in [0.2, 0.25) is 0 Å². The quantitative estimate of drug-likeness (QED) is 0.872. The van der Waals surface area contributed by atoms with E-state index in [2.05, 4.69) is 15.1 Å². The number of fused-ring (bicyclic) bond motifs is 1. The van der Waals surface area contributed by atoms with Crippen LogP contribution < -0.4 is 4.90 Å². The minimum absolute atomic E-state index is 0.00696. The second-order valence-electron chi connectivity index (χ2n) is 7.35. The van der Waals surface area contributed by atoms with E-state index in [0.717, 1.165) is 23.5 Å². The molecule has 2 fully saturated rings. The summed E-state index contributed by atoms with van der Waals surface area (Å²) in [5.74, 6) is 1.06. The SMILES string of the molecule is CC(=O)N1CC2OCCN(c3ccc(-c4c(C)cc(C)cc4O)nn3)C2C1. The van der Waals surface area contributed by atoms with Crippen LogP contribution in [0.25, 0.3) is 11.3 Å². The number of hydrogen-bond donors (Lipinski definition) is 1. The molecule has 27 heavy (non-hydrogen) atoms. The van der Waals surface area contributed by atoms with Crippen molar-refractivity contribution in [3.63, 3.8) is 0 Å². The molecule has 1 amide bonds. The number of benzene rings is 1. The van der Waals surface area contributed by atoms with Crippen molar-refractivity contribution in [2.75, 3.05) is 31.1 Å². The number of ether oxygens (including phenoxy) is 1. The topological polar surface area (TPSA) is 78.8 Å². The fourth-order valence-corrected chi connectivity index (χ4v) is 4.12. The molecule has 7 heteroatoms. The molecule has 2 saturated heterocycles. The molecular formula is C20H24N4O3. The van der Waals surface area contributed by atoms with E-state index in [4.69, 9.17) is 4.74 Å². The van der Waals surface area contributed by atoms with Gasteiger partial charge in [0, 0.05) is 32.1 Å². The maximum atomic E-state index is 11.7. The van der Waals surface area contributed by atoms with Gasteiger partial charge in [0.1, 0.15) is 5.75 Å². The van der Waals surface area contributed by atoms with Crippen LogP contribution in [0, 0.1) is 13.8 Å². The fraction of sp³-hybridized carbons (Fsp3) is 0.450. The first-order valence-corrected chi connectivity index (χ1v) is 9.22. The first-order chi connectivity index (χ1) is 12.9. The van der Waals surface area contributed by atoms with Gasteiger partial charge in [-0.25, -0.2) is 0 Å². The summed E-state index contributed by atoms with van der Waals surface area (Å²) >= 11 is 0. The number of amides is 1. The summed E-state index contributed by atoms with van der Waals surface area (Å²) in [6.45, 7) is 8.08. The van der Waals surface area contributed by atoms with Crippen LogP contribution in [-0.2, 0) is 9.53 Å². The number of nitrogens with zero attached hydrogens (tertiary/aromatic N) is 4. The van der Waals surface area contributed by atoms with Crippen molar-refractivity contribution in [3.05, 3.63) is 35.4 Å². The van der Waals surface area contributed by atoms with Gasteiger partial charge in [0.05, 0.1) is 24.4 Å². The van der Waals surface area contributed by atoms with Gasteiger partial charge in [-0.3, -0.25) is 4.79 Å². The first-order valence-electron chi connectivity index (χ1n) is 9.22. The normalized spacial score (nSPS) is 22.0. The van der Waals surface area contributed by atoms with E-state index in [0.29, 0.717) is 31.0 Å². The first kappa shape index (κ1) is 17.7. The van der Waals surface area contributed by atoms with Crippen LogP contribution >= 0.6 is 0 Å². The highest BCUT2D eigenvalue weighted by Gasteiger charge is 2.41. The number of hydrogen-bond acceptors (Lipinski definition) is 6. The van der Waals surface area contributed by atoms with Crippen LogP contribution in [-0.4, -0.2) is 64.5 Å². The van der Waals surface area contributed by atoms with E-state index >= 15 is 0 Å². The number of phenolic OH excluding ortho intramolecular Hbond substituents is 1. The molecule has 2 aliphatic heterocycles. The third-order valence-electron chi connectivity index (χ3n) is 5.41. The van der Waals surface area contributed by atoms with Crippen molar-refractivity contribution >= 4 is 11.7 Å². The summed E-state index contributed by atoms with van der Waals surface area (Å²) in [6, 6.07) is 7.67. The molecule has 1 aromatic carbocycles. The lowest BCUT2D eigenvalue weighted by molar-refractivity contribution is -0.128. The molecule has 2 aromatic rings. The summed E-state index contributed by atoms with van der Waals surface area (Å²) in [4.78, 5) is 15.7. The van der Waals surface area contributed by atoms with Gasteiger partial charge in [-0.05, 0) is 43.2 Å². The Morgan fingerprint density at radius 1 is 1.22 bits per heavy atom. The molecule has 0 spiro atoms.